The van der Waals surface area contributed by atoms with Gasteiger partial charge in [-0.3, -0.25) is 14.2 Å². The van der Waals surface area contributed by atoms with Gasteiger partial charge < -0.3 is 32.6 Å². The van der Waals surface area contributed by atoms with Crippen LogP contribution in [0.4, 0.5) is 0 Å². The molecular formula is C46H90N2O9P. The van der Waals surface area contributed by atoms with Gasteiger partial charge in [-0.05, 0) is 46.0 Å². The maximum absolute atomic E-state index is 12.7. The summed E-state index contributed by atoms with van der Waals surface area (Å²) in [5.74, 6) is -0.837. The van der Waals surface area contributed by atoms with Crippen LogP contribution in [0.3, 0.4) is 0 Å². The predicted molar refractivity (Wildman–Crippen MR) is 233 cm³/mol. The van der Waals surface area contributed by atoms with Crippen molar-refractivity contribution in [2.75, 3.05) is 54.1 Å². The SMILES string of the molecule is CCCCCCCCCCCCCCCC(=O)OC[C@H](COP(=O)([O-])OCC[N+](C)(C)C)OC(=O)CCCCCCCCCCCCCCC1(CC)[N]C(C)(C)CO1. The summed E-state index contributed by atoms with van der Waals surface area (Å²) in [7, 11) is 1.16. The number of phosphoric acid groups is 1. The summed E-state index contributed by atoms with van der Waals surface area (Å²) < 4.78 is 40.1. The van der Waals surface area contributed by atoms with E-state index in [-0.39, 0.29) is 43.3 Å². The summed E-state index contributed by atoms with van der Waals surface area (Å²) in [5, 5.41) is 4.96. The fraction of sp³-hybridized carbons (Fsp3) is 0.957. The third kappa shape index (κ3) is 31.8. The number of nitrogens with zero attached hydrogens (tertiary/aromatic N) is 2. The number of quaternary nitrogens is 1. The van der Waals surface area contributed by atoms with Crippen molar-refractivity contribution >= 4 is 19.8 Å². The smallest absolute Gasteiger partial charge is 0.306 e. The Kier molecular flexibility index (Phi) is 30.9. The van der Waals surface area contributed by atoms with Crippen LogP contribution < -0.4 is 10.2 Å². The Bertz CT molecular complexity index is 1090. The van der Waals surface area contributed by atoms with E-state index in [4.69, 9.17) is 28.6 Å². The molecule has 0 aliphatic carbocycles. The van der Waals surface area contributed by atoms with Crippen molar-refractivity contribution in [2.24, 2.45) is 0 Å². The van der Waals surface area contributed by atoms with Gasteiger partial charge in [0.1, 0.15) is 25.5 Å². The molecule has 0 amide bonds. The molecule has 2 unspecified atom stereocenters. The molecule has 0 saturated carbocycles. The normalized spacial score (nSPS) is 18.3. The van der Waals surface area contributed by atoms with Crippen LogP contribution in [0.1, 0.15) is 214 Å². The number of hydrogen-bond acceptors (Lipinski definition) is 9. The number of unbranched alkanes of at least 4 members (excludes halogenated alkanes) is 23. The van der Waals surface area contributed by atoms with Crippen LogP contribution in [-0.4, -0.2) is 87.9 Å². The van der Waals surface area contributed by atoms with Crippen molar-refractivity contribution in [1.82, 2.24) is 5.32 Å². The van der Waals surface area contributed by atoms with Crippen LogP contribution in [0.5, 0.6) is 0 Å². The monoisotopic (exact) mass is 846 g/mol. The van der Waals surface area contributed by atoms with E-state index in [1.807, 2.05) is 21.1 Å². The molecule has 1 rings (SSSR count). The van der Waals surface area contributed by atoms with Gasteiger partial charge in [0.25, 0.3) is 7.82 Å². The lowest BCUT2D eigenvalue weighted by atomic mass is 9.98. The van der Waals surface area contributed by atoms with Gasteiger partial charge >= 0.3 is 11.9 Å². The maximum Gasteiger partial charge on any atom is 0.306 e. The van der Waals surface area contributed by atoms with Crippen LogP contribution >= 0.6 is 7.82 Å². The van der Waals surface area contributed by atoms with E-state index < -0.39 is 26.5 Å². The largest absolute Gasteiger partial charge is 0.756 e. The molecule has 1 fully saturated rings. The number of esters is 2. The topological polar surface area (TPSA) is 135 Å². The second-order valence-electron chi connectivity index (χ2n) is 18.6. The van der Waals surface area contributed by atoms with Crippen LogP contribution in [0.2, 0.25) is 0 Å². The first-order valence-corrected chi connectivity index (χ1v) is 25.2. The lowest BCUT2D eigenvalue weighted by Crippen LogP contribution is -2.41. The van der Waals surface area contributed by atoms with E-state index in [1.165, 1.54) is 116 Å². The summed E-state index contributed by atoms with van der Waals surface area (Å²) in [6, 6.07) is 0. The van der Waals surface area contributed by atoms with Crippen molar-refractivity contribution in [3.8, 4) is 0 Å². The first-order chi connectivity index (χ1) is 27.6. The summed E-state index contributed by atoms with van der Waals surface area (Å²) >= 11 is 0. The zero-order valence-corrected chi connectivity index (χ0v) is 39.5. The van der Waals surface area contributed by atoms with E-state index >= 15 is 0 Å². The van der Waals surface area contributed by atoms with E-state index in [0.717, 1.165) is 58.0 Å². The zero-order valence-electron chi connectivity index (χ0n) is 38.6. The van der Waals surface area contributed by atoms with Crippen molar-refractivity contribution in [3.05, 3.63) is 0 Å². The summed E-state index contributed by atoms with van der Waals surface area (Å²) in [5.41, 5.74) is -0.308. The lowest BCUT2D eigenvalue weighted by Gasteiger charge is -2.28. The Morgan fingerprint density at radius 3 is 1.55 bits per heavy atom. The molecule has 1 radical (unpaired) electrons. The van der Waals surface area contributed by atoms with Gasteiger partial charge in [0.15, 0.2) is 6.10 Å². The highest BCUT2D eigenvalue weighted by Gasteiger charge is 2.43. The molecule has 0 aromatic carbocycles. The average molecular weight is 846 g/mol. The van der Waals surface area contributed by atoms with Crippen molar-refractivity contribution in [2.45, 2.75) is 231 Å². The molecule has 1 aliphatic rings. The number of rotatable bonds is 40. The van der Waals surface area contributed by atoms with E-state index in [0.29, 0.717) is 17.4 Å². The number of phosphoric ester groups is 1. The highest BCUT2D eigenvalue weighted by atomic mass is 31.2. The molecule has 0 spiro atoms. The predicted octanol–water partition coefficient (Wildman–Crippen LogP) is 11.1. The molecular weight excluding hydrogens is 755 g/mol. The average Bonchev–Trinajstić information content (AvgIpc) is 3.48. The molecule has 1 heterocycles. The van der Waals surface area contributed by atoms with Crippen molar-refractivity contribution < 1.29 is 46.8 Å². The fourth-order valence-corrected chi connectivity index (χ4v) is 8.12. The molecule has 0 bridgehead atoms. The van der Waals surface area contributed by atoms with E-state index in [2.05, 4.69) is 27.7 Å². The van der Waals surface area contributed by atoms with Gasteiger partial charge in [-0.15, -0.1) is 0 Å². The molecule has 12 heteroatoms. The minimum absolute atomic E-state index is 0.0324. The Morgan fingerprint density at radius 2 is 1.12 bits per heavy atom. The van der Waals surface area contributed by atoms with Crippen LogP contribution in [0.15, 0.2) is 0 Å². The first-order valence-electron chi connectivity index (χ1n) is 23.7. The first kappa shape index (κ1) is 54.9. The number of likely N-dealkylation sites (N-methyl/N-ethyl adjacent to an activating group) is 1. The highest BCUT2D eigenvalue weighted by molar-refractivity contribution is 7.45. The van der Waals surface area contributed by atoms with E-state index in [1.54, 1.807) is 0 Å². The second-order valence-corrected chi connectivity index (χ2v) is 20.0. The Morgan fingerprint density at radius 1 is 0.672 bits per heavy atom. The summed E-state index contributed by atoms with van der Waals surface area (Å²) in [6.07, 6.45) is 31.1. The number of carbonyl (C=O) groups excluding carboxylic acids is 2. The Labute approximate surface area is 356 Å². The molecule has 0 aromatic heterocycles. The molecule has 0 aromatic rings. The van der Waals surface area contributed by atoms with Crippen molar-refractivity contribution in [1.29, 1.82) is 0 Å². The third-order valence-electron chi connectivity index (χ3n) is 11.1. The zero-order chi connectivity index (χ0) is 43.0. The van der Waals surface area contributed by atoms with Crippen molar-refractivity contribution in [3.63, 3.8) is 0 Å². The fourth-order valence-electron chi connectivity index (χ4n) is 7.40. The molecule has 58 heavy (non-hydrogen) atoms. The van der Waals surface area contributed by atoms with Gasteiger partial charge in [0, 0.05) is 12.8 Å². The minimum Gasteiger partial charge on any atom is -0.756 e. The highest BCUT2D eigenvalue weighted by Crippen LogP contribution is 2.38. The van der Waals surface area contributed by atoms with Gasteiger partial charge in [0.2, 0.25) is 0 Å². The van der Waals surface area contributed by atoms with E-state index in [9.17, 15) is 19.0 Å². The van der Waals surface area contributed by atoms with Gasteiger partial charge in [-0.1, -0.05) is 155 Å². The quantitative estimate of drug-likeness (QED) is 0.0256. The molecule has 11 nitrogen and oxygen atoms in total. The van der Waals surface area contributed by atoms with Crippen LogP contribution in [0.25, 0.3) is 0 Å². The number of hydrogen-bond donors (Lipinski definition) is 0. The van der Waals surface area contributed by atoms with Gasteiger partial charge in [-0.25, -0.2) is 5.32 Å². The molecule has 3 atom stereocenters. The summed E-state index contributed by atoms with van der Waals surface area (Å²) in [6.45, 7) is 9.19. The minimum atomic E-state index is -4.63. The molecule has 343 valence electrons. The van der Waals surface area contributed by atoms with Gasteiger partial charge in [0.05, 0.1) is 39.9 Å². The molecule has 1 saturated heterocycles. The maximum atomic E-state index is 12.7. The van der Waals surface area contributed by atoms with Crippen LogP contribution in [0, 0.1) is 0 Å². The standard InChI is InChI=1S/C46H90N2O9P/c1-8-10-11-12-13-14-15-16-19-22-25-28-31-34-43(49)53-39-42(40-56-58(51,52)55-38-37-48(5,6)7)57-44(50)35-32-29-26-23-20-17-18-21-24-27-30-33-36-46(9-2)47-45(3,4)41-54-46/h42H,8-41H2,1-7H3/t42-,46?/m1/s1. The third-order valence-corrected chi connectivity index (χ3v) is 12.1. The molecule has 1 aliphatic heterocycles. The second kappa shape index (κ2) is 32.6. The van der Waals surface area contributed by atoms with Crippen LogP contribution in [-0.2, 0) is 37.4 Å². The molecule has 0 N–H and O–H groups in total. The Balaban J connectivity index is 2.24. The lowest BCUT2D eigenvalue weighted by molar-refractivity contribution is -0.870. The Hall–Kier alpha value is -1.07. The number of ether oxygens (including phenoxy) is 3. The summed E-state index contributed by atoms with van der Waals surface area (Å²) in [4.78, 5) is 37.6. The number of carbonyl (C=O) groups is 2. The van der Waals surface area contributed by atoms with Gasteiger partial charge in [-0.2, -0.15) is 0 Å².